The Kier molecular flexibility index (Phi) is 7.77. The van der Waals surface area contributed by atoms with E-state index in [4.69, 9.17) is 9.84 Å². The van der Waals surface area contributed by atoms with Crippen LogP contribution in [0.3, 0.4) is 0 Å². The molecule has 0 spiro atoms. The van der Waals surface area contributed by atoms with Gasteiger partial charge in [-0.05, 0) is 30.7 Å². The summed E-state index contributed by atoms with van der Waals surface area (Å²) in [6.07, 6.45) is -0.638. The first-order chi connectivity index (χ1) is 9.92. The van der Waals surface area contributed by atoms with Crippen LogP contribution in [0.1, 0.15) is 12.0 Å². The van der Waals surface area contributed by atoms with Gasteiger partial charge in [0.2, 0.25) is 5.91 Å². The predicted octanol–water partition coefficient (Wildman–Crippen LogP) is 2.46. The molecule has 0 aliphatic carbocycles. The lowest BCUT2D eigenvalue weighted by Gasteiger charge is -2.14. The number of rotatable bonds is 8. The lowest BCUT2D eigenvalue weighted by atomic mass is 10.2. The second kappa shape index (κ2) is 9.07. The maximum atomic E-state index is 11.8. The third-order valence-corrected chi connectivity index (χ3v) is 4.43. The van der Waals surface area contributed by atoms with Gasteiger partial charge in [-0.1, -0.05) is 15.9 Å². The molecule has 1 unspecified atom stereocenters. The van der Waals surface area contributed by atoms with Gasteiger partial charge in [-0.15, -0.1) is 11.8 Å². The number of halogens is 1. The molecule has 1 rings (SSSR count). The monoisotopic (exact) mass is 375 g/mol. The summed E-state index contributed by atoms with van der Waals surface area (Å²) in [5.41, 5.74) is 1.10. The lowest BCUT2D eigenvalue weighted by Crippen LogP contribution is -2.35. The molecule has 7 heteroatoms. The summed E-state index contributed by atoms with van der Waals surface area (Å²) in [4.78, 5) is 23.4. The number of carbonyl (C=O) groups is 2. The molecule has 0 heterocycles. The molecule has 0 radical (unpaired) electrons. The highest BCUT2D eigenvalue weighted by molar-refractivity contribution is 9.10. The van der Waals surface area contributed by atoms with Crippen LogP contribution in [0.15, 0.2) is 27.6 Å². The Morgan fingerprint density at radius 3 is 2.76 bits per heavy atom. The van der Waals surface area contributed by atoms with Gasteiger partial charge in [-0.3, -0.25) is 9.59 Å². The average Bonchev–Trinajstić information content (AvgIpc) is 2.42. The second-order valence-corrected chi connectivity index (χ2v) is 6.39. The first kappa shape index (κ1) is 18.0. The summed E-state index contributed by atoms with van der Waals surface area (Å²) in [6.45, 7) is 2.18. The largest absolute Gasteiger partial charge is 0.481 e. The first-order valence-electron chi connectivity index (χ1n) is 6.32. The molecule has 2 N–H and O–H groups in total. The Balaban J connectivity index is 2.38. The standard InChI is InChI=1S/C14H18BrNO4S/c1-9-5-10(15)3-4-12(9)21-8-13(17)16-7-11(20-2)6-14(18)19/h3-5,11H,6-8H2,1-2H3,(H,16,17)(H,18,19). The molecule has 0 bridgehead atoms. The average molecular weight is 376 g/mol. The lowest BCUT2D eigenvalue weighted by molar-refractivity contribution is -0.140. The van der Waals surface area contributed by atoms with Crippen molar-refractivity contribution in [2.24, 2.45) is 0 Å². The Morgan fingerprint density at radius 1 is 1.48 bits per heavy atom. The number of thioether (sulfide) groups is 1. The van der Waals surface area contributed by atoms with Gasteiger partial charge in [0.05, 0.1) is 18.3 Å². The molecular weight excluding hydrogens is 358 g/mol. The zero-order chi connectivity index (χ0) is 15.8. The Morgan fingerprint density at radius 2 is 2.19 bits per heavy atom. The number of carboxylic acid groups (broad SMARTS) is 1. The van der Waals surface area contributed by atoms with Crippen molar-refractivity contribution < 1.29 is 19.4 Å². The summed E-state index contributed by atoms with van der Waals surface area (Å²) >= 11 is 4.84. The van der Waals surface area contributed by atoms with E-state index in [1.807, 2.05) is 25.1 Å². The molecule has 0 aliphatic rings. The molecule has 0 aliphatic heterocycles. The highest BCUT2D eigenvalue weighted by Crippen LogP contribution is 2.25. The Hall–Kier alpha value is -1.05. The van der Waals surface area contributed by atoms with Crippen LogP contribution in [0.5, 0.6) is 0 Å². The Bertz CT molecular complexity index is 510. The SMILES string of the molecule is COC(CNC(=O)CSc1ccc(Br)cc1C)CC(=O)O. The molecule has 116 valence electrons. The minimum atomic E-state index is -0.948. The van der Waals surface area contributed by atoms with Crippen LogP contribution in [0.25, 0.3) is 0 Å². The van der Waals surface area contributed by atoms with Crippen LogP contribution in [0, 0.1) is 6.92 Å². The van der Waals surface area contributed by atoms with Crippen LogP contribution in [-0.2, 0) is 14.3 Å². The number of aryl methyl sites for hydroxylation is 1. The zero-order valence-corrected chi connectivity index (χ0v) is 14.3. The number of hydrogen-bond acceptors (Lipinski definition) is 4. The van der Waals surface area contributed by atoms with Crippen molar-refractivity contribution in [2.75, 3.05) is 19.4 Å². The molecule has 0 saturated heterocycles. The molecule has 0 aromatic heterocycles. The third kappa shape index (κ3) is 6.97. The zero-order valence-electron chi connectivity index (χ0n) is 11.9. The minimum absolute atomic E-state index is 0.129. The molecule has 5 nitrogen and oxygen atoms in total. The van der Waals surface area contributed by atoms with Gasteiger partial charge in [0, 0.05) is 23.0 Å². The number of ether oxygens (including phenoxy) is 1. The second-order valence-electron chi connectivity index (χ2n) is 4.46. The van der Waals surface area contributed by atoms with E-state index in [9.17, 15) is 9.59 Å². The highest BCUT2D eigenvalue weighted by atomic mass is 79.9. The molecule has 21 heavy (non-hydrogen) atoms. The quantitative estimate of drug-likeness (QED) is 0.682. The van der Waals surface area contributed by atoms with Crippen LogP contribution in [-0.4, -0.2) is 42.5 Å². The molecular formula is C14H18BrNO4S. The highest BCUT2D eigenvalue weighted by Gasteiger charge is 2.13. The summed E-state index contributed by atoms with van der Waals surface area (Å²) < 4.78 is 6.00. The van der Waals surface area contributed by atoms with Crippen molar-refractivity contribution in [3.8, 4) is 0 Å². The third-order valence-electron chi connectivity index (χ3n) is 2.76. The van der Waals surface area contributed by atoms with Gasteiger partial charge in [0.1, 0.15) is 0 Å². The topological polar surface area (TPSA) is 75.6 Å². The van der Waals surface area contributed by atoms with Crippen molar-refractivity contribution in [1.82, 2.24) is 5.32 Å². The van der Waals surface area contributed by atoms with E-state index in [1.54, 1.807) is 0 Å². The fourth-order valence-corrected chi connectivity index (χ4v) is 2.95. The molecule has 1 aromatic carbocycles. The van der Waals surface area contributed by atoms with E-state index in [1.165, 1.54) is 18.9 Å². The van der Waals surface area contributed by atoms with Gasteiger partial charge >= 0.3 is 5.97 Å². The summed E-state index contributed by atoms with van der Waals surface area (Å²) in [5, 5.41) is 11.4. The van der Waals surface area contributed by atoms with Gasteiger partial charge < -0.3 is 15.2 Å². The van der Waals surface area contributed by atoms with E-state index in [2.05, 4.69) is 21.2 Å². The number of carbonyl (C=O) groups excluding carboxylic acids is 1. The maximum absolute atomic E-state index is 11.8. The van der Waals surface area contributed by atoms with Crippen LogP contribution < -0.4 is 5.32 Å². The van der Waals surface area contributed by atoms with E-state index in [0.29, 0.717) is 0 Å². The van der Waals surface area contributed by atoms with E-state index < -0.39 is 12.1 Å². The van der Waals surface area contributed by atoms with Gasteiger partial charge in [-0.25, -0.2) is 0 Å². The van der Waals surface area contributed by atoms with E-state index in [-0.39, 0.29) is 24.6 Å². The van der Waals surface area contributed by atoms with Crippen molar-refractivity contribution in [3.63, 3.8) is 0 Å². The fourth-order valence-electron chi connectivity index (χ4n) is 1.63. The number of hydrogen-bond donors (Lipinski definition) is 2. The first-order valence-corrected chi connectivity index (χ1v) is 8.10. The van der Waals surface area contributed by atoms with E-state index >= 15 is 0 Å². The van der Waals surface area contributed by atoms with Crippen LogP contribution in [0.4, 0.5) is 0 Å². The number of nitrogens with one attached hydrogen (secondary N) is 1. The van der Waals surface area contributed by atoms with Crippen molar-refractivity contribution in [1.29, 1.82) is 0 Å². The normalized spacial score (nSPS) is 12.0. The number of methoxy groups -OCH3 is 1. The summed E-state index contributed by atoms with van der Waals surface area (Å²) in [6, 6.07) is 5.88. The fraction of sp³-hybridized carbons (Fsp3) is 0.429. The Labute approximate surface area is 136 Å². The van der Waals surface area contributed by atoms with E-state index in [0.717, 1.165) is 14.9 Å². The van der Waals surface area contributed by atoms with Gasteiger partial charge in [0.15, 0.2) is 0 Å². The van der Waals surface area contributed by atoms with Gasteiger partial charge in [-0.2, -0.15) is 0 Å². The predicted molar refractivity (Wildman–Crippen MR) is 85.7 cm³/mol. The molecule has 1 aromatic rings. The van der Waals surface area contributed by atoms with Crippen LogP contribution in [0.2, 0.25) is 0 Å². The van der Waals surface area contributed by atoms with Crippen molar-refractivity contribution in [3.05, 3.63) is 28.2 Å². The smallest absolute Gasteiger partial charge is 0.306 e. The molecule has 1 atom stereocenters. The molecule has 0 saturated carbocycles. The number of aliphatic carboxylic acids is 1. The summed E-state index contributed by atoms with van der Waals surface area (Å²) in [5.74, 6) is -0.808. The summed E-state index contributed by atoms with van der Waals surface area (Å²) in [7, 11) is 1.43. The number of carboxylic acids is 1. The molecule has 0 fully saturated rings. The minimum Gasteiger partial charge on any atom is -0.481 e. The van der Waals surface area contributed by atoms with Gasteiger partial charge in [0.25, 0.3) is 0 Å². The molecule has 1 amide bonds. The van der Waals surface area contributed by atoms with Crippen LogP contribution >= 0.6 is 27.7 Å². The van der Waals surface area contributed by atoms with Crippen molar-refractivity contribution >= 4 is 39.6 Å². The number of amides is 1. The number of benzene rings is 1. The maximum Gasteiger partial charge on any atom is 0.306 e. The van der Waals surface area contributed by atoms with Crippen molar-refractivity contribution in [2.45, 2.75) is 24.3 Å².